The first kappa shape index (κ1) is 22.4. The van der Waals surface area contributed by atoms with E-state index in [1.165, 1.54) is 12.0 Å². The molecular weight excluding hydrogens is 396 g/mol. The molecule has 1 N–H and O–H groups in total. The maximum Gasteiger partial charge on any atom is 0.295 e. The molecule has 1 amide bonds. The van der Waals surface area contributed by atoms with Crippen molar-refractivity contribution in [3.05, 3.63) is 65.2 Å². The predicted octanol–water partition coefficient (Wildman–Crippen LogP) is 3.22. The zero-order valence-corrected chi connectivity index (χ0v) is 18.3. The number of benzene rings is 2. The summed E-state index contributed by atoms with van der Waals surface area (Å²) in [6.07, 6.45) is 0. The number of anilines is 1. The highest BCUT2D eigenvalue weighted by molar-refractivity contribution is 6.46. The topological polar surface area (TPSA) is 79.3 Å². The summed E-state index contributed by atoms with van der Waals surface area (Å²) < 4.78 is 10.6. The highest BCUT2D eigenvalue weighted by Crippen LogP contribution is 2.39. The van der Waals surface area contributed by atoms with Crippen molar-refractivity contribution < 1.29 is 24.2 Å². The Bertz CT molecular complexity index is 964. The van der Waals surface area contributed by atoms with E-state index in [1.54, 1.807) is 24.3 Å². The molecule has 0 spiro atoms. The average molecular weight is 424 g/mol. The lowest BCUT2D eigenvalue weighted by Gasteiger charge is -2.25. The highest BCUT2D eigenvalue weighted by Gasteiger charge is 2.45. The molecule has 1 saturated heterocycles. The third-order valence-corrected chi connectivity index (χ3v) is 5.24. The molecule has 0 bridgehead atoms. The molecule has 1 unspecified atom stereocenters. The van der Waals surface area contributed by atoms with Gasteiger partial charge in [-0.05, 0) is 48.9 Å². The second-order valence-electron chi connectivity index (χ2n) is 7.43. The molecule has 1 fully saturated rings. The van der Waals surface area contributed by atoms with Gasteiger partial charge in [-0.3, -0.25) is 9.59 Å². The monoisotopic (exact) mass is 424 g/mol. The molecule has 1 aliphatic rings. The summed E-state index contributed by atoms with van der Waals surface area (Å²) in [5, 5.41) is 11.0. The Morgan fingerprint density at radius 2 is 1.71 bits per heavy atom. The van der Waals surface area contributed by atoms with Gasteiger partial charge < -0.3 is 24.4 Å². The van der Waals surface area contributed by atoms with Crippen LogP contribution in [0, 0.1) is 0 Å². The molecule has 7 nitrogen and oxygen atoms in total. The second kappa shape index (κ2) is 9.66. The van der Waals surface area contributed by atoms with Crippen molar-refractivity contribution in [2.45, 2.75) is 13.0 Å². The lowest BCUT2D eigenvalue weighted by Crippen LogP contribution is -2.32. The summed E-state index contributed by atoms with van der Waals surface area (Å²) in [5.41, 5.74) is 2.25. The Hall–Kier alpha value is -3.32. The fourth-order valence-corrected chi connectivity index (χ4v) is 3.63. The highest BCUT2D eigenvalue weighted by atomic mass is 16.5. The minimum atomic E-state index is -0.704. The van der Waals surface area contributed by atoms with Gasteiger partial charge in [0.15, 0.2) is 0 Å². The molecule has 0 radical (unpaired) electrons. The standard InChI is InChI=1S/C24H28N2O5/c1-5-31-19-12-8-17(9-13-19)22(27)20-21(16-6-10-18(11-7-16)25(2)3)26(14-15-30-4)24(29)23(20)28/h6-13,21,27H,5,14-15H2,1-4H3/b22-20-. The number of ketones is 1. The van der Waals surface area contributed by atoms with Gasteiger partial charge in [-0.1, -0.05) is 12.1 Å². The number of ether oxygens (including phenoxy) is 2. The number of hydrogen-bond acceptors (Lipinski definition) is 6. The molecule has 31 heavy (non-hydrogen) atoms. The number of Topliss-reactive ketones (excluding diaryl/α,β-unsaturated/α-hetero) is 1. The molecule has 1 atom stereocenters. The average Bonchev–Trinajstić information content (AvgIpc) is 3.02. The number of aliphatic hydroxyl groups excluding tert-OH is 1. The van der Waals surface area contributed by atoms with Crippen LogP contribution >= 0.6 is 0 Å². The van der Waals surface area contributed by atoms with Crippen LogP contribution in [0.2, 0.25) is 0 Å². The van der Waals surface area contributed by atoms with Crippen LogP contribution in [0.15, 0.2) is 54.1 Å². The van der Waals surface area contributed by atoms with Gasteiger partial charge in [0.25, 0.3) is 11.7 Å². The van der Waals surface area contributed by atoms with Crippen LogP contribution in [0.4, 0.5) is 5.69 Å². The lowest BCUT2D eigenvalue weighted by molar-refractivity contribution is -0.140. The third-order valence-electron chi connectivity index (χ3n) is 5.24. The van der Waals surface area contributed by atoms with Crippen molar-refractivity contribution in [1.82, 2.24) is 4.90 Å². The van der Waals surface area contributed by atoms with Gasteiger partial charge in [0.2, 0.25) is 0 Å². The number of hydrogen-bond donors (Lipinski definition) is 1. The smallest absolute Gasteiger partial charge is 0.295 e. The lowest BCUT2D eigenvalue weighted by atomic mass is 9.95. The first-order valence-corrected chi connectivity index (χ1v) is 10.2. The third kappa shape index (κ3) is 4.56. The molecular formula is C24H28N2O5. The van der Waals surface area contributed by atoms with Gasteiger partial charge in [-0.25, -0.2) is 0 Å². The van der Waals surface area contributed by atoms with Crippen LogP contribution in [-0.4, -0.2) is 62.7 Å². The van der Waals surface area contributed by atoms with Crippen LogP contribution in [0.5, 0.6) is 5.75 Å². The van der Waals surface area contributed by atoms with Crippen molar-refractivity contribution in [3.8, 4) is 5.75 Å². The molecule has 7 heteroatoms. The number of methoxy groups -OCH3 is 1. The van der Waals surface area contributed by atoms with Gasteiger partial charge in [-0.2, -0.15) is 0 Å². The van der Waals surface area contributed by atoms with E-state index < -0.39 is 17.7 Å². The van der Waals surface area contributed by atoms with Gasteiger partial charge in [0.1, 0.15) is 11.5 Å². The summed E-state index contributed by atoms with van der Waals surface area (Å²) >= 11 is 0. The normalized spacial score (nSPS) is 17.8. The van der Waals surface area contributed by atoms with Crippen LogP contribution in [0.3, 0.4) is 0 Å². The van der Waals surface area contributed by atoms with E-state index in [2.05, 4.69) is 0 Å². The van der Waals surface area contributed by atoms with E-state index in [1.807, 2.05) is 50.2 Å². The Labute approximate surface area is 182 Å². The van der Waals surface area contributed by atoms with Gasteiger partial charge >= 0.3 is 0 Å². The van der Waals surface area contributed by atoms with Crippen molar-refractivity contribution in [3.63, 3.8) is 0 Å². The first-order valence-electron chi connectivity index (χ1n) is 10.2. The minimum Gasteiger partial charge on any atom is -0.507 e. The summed E-state index contributed by atoms with van der Waals surface area (Å²) in [6, 6.07) is 13.7. The second-order valence-corrected chi connectivity index (χ2v) is 7.43. The van der Waals surface area contributed by atoms with E-state index in [4.69, 9.17) is 9.47 Å². The Balaban J connectivity index is 2.08. The van der Waals surface area contributed by atoms with E-state index in [0.717, 1.165) is 11.3 Å². The van der Waals surface area contributed by atoms with E-state index in [-0.39, 0.29) is 24.5 Å². The summed E-state index contributed by atoms with van der Waals surface area (Å²) in [6.45, 7) is 2.93. The summed E-state index contributed by atoms with van der Waals surface area (Å²) in [4.78, 5) is 29.2. The van der Waals surface area contributed by atoms with E-state index >= 15 is 0 Å². The molecule has 0 aromatic heterocycles. The van der Waals surface area contributed by atoms with Gasteiger partial charge in [-0.15, -0.1) is 0 Å². The number of likely N-dealkylation sites (tertiary alicyclic amines) is 1. The maximum atomic E-state index is 12.9. The number of carbonyl (C=O) groups excluding carboxylic acids is 2. The van der Waals surface area contributed by atoms with E-state index in [0.29, 0.717) is 17.9 Å². The fraction of sp³-hybridized carbons (Fsp3) is 0.333. The predicted molar refractivity (Wildman–Crippen MR) is 119 cm³/mol. The Morgan fingerprint density at radius 1 is 1.06 bits per heavy atom. The Morgan fingerprint density at radius 3 is 2.26 bits per heavy atom. The largest absolute Gasteiger partial charge is 0.507 e. The molecule has 1 aliphatic heterocycles. The van der Waals surface area contributed by atoms with Crippen LogP contribution < -0.4 is 9.64 Å². The molecule has 0 aliphatic carbocycles. The molecule has 3 rings (SSSR count). The number of aliphatic hydroxyl groups is 1. The SMILES string of the molecule is CCOc1ccc(/C(O)=C2/C(=O)C(=O)N(CCOC)C2c2ccc(N(C)C)cc2)cc1. The number of rotatable bonds is 8. The minimum absolute atomic E-state index is 0.0721. The van der Waals surface area contributed by atoms with Crippen molar-refractivity contribution >= 4 is 23.1 Å². The van der Waals surface area contributed by atoms with Gasteiger partial charge in [0, 0.05) is 39.0 Å². The molecule has 1 heterocycles. The van der Waals surface area contributed by atoms with Crippen molar-refractivity contribution in [2.24, 2.45) is 0 Å². The summed E-state index contributed by atoms with van der Waals surface area (Å²) in [7, 11) is 5.41. The summed E-state index contributed by atoms with van der Waals surface area (Å²) in [5.74, 6) is -0.895. The van der Waals surface area contributed by atoms with Gasteiger partial charge in [0.05, 0.1) is 24.8 Å². The van der Waals surface area contributed by atoms with Crippen LogP contribution in [0.1, 0.15) is 24.1 Å². The number of carbonyl (C=O) groups is 2. The molecule has 2 aromatic carbocycles. The number of amides is 1. The fourth-order valence-electron chi connectivity index (χ4n) is 3.63. The van der Waals surface area contributed by atoms with Crippen molar-refractivity contribution in [1.29, 1.82) is 0 Å². The number of nitrogens with zero attached hydrogens (tertiary/aromatic N) is 2. The zero-order chi connectivity index (χ0) is 22.5. The Kier molecular flexibility index (Phi) is 6.97. The zero-order valence-electron chi connectivity index (χ0n) is 18.3. The van der Waals surface area contributed by atoms with Crippen LogP contribution in [0.25, 0.3) is 5.76 Å². The molecule has 2 aromatic rings. The quantitative estimate of drug-likeness (QED) is 0.398. The molecule has 164 valence electrons. The van der Waals surface area contributed by atoms with Crippen molar-refractivity contribution in [2.75, 3.05) is 45.9 Å². The van der Waals surface area contributed by atoms with E-state index in [9.17, 15) is 14.7 Å². The van der Waals surface area contributed by atoms with Crippen LogP contribution in [-0.2, 0) is 14.3 Å². The maximum absolute atomic E-state index is 12.9. The molecule has 0 saturated carbocycles. The first-order chi connectivity index (χ1) is 14.9.